The molecule has 0 saturated heterocycles. The van der Waals surface area contributed by atoms with Gasteiger partial charge in [0.2, 0.25) is 10.0 Å². The molecule has 1 atom stereocenters. The van der Waals surface area contributed by atoms with Gasteiger partial charge >= 0.3 is 0 Å². The lowest BCUT2D eigenvalue weighted by Gasteiger charge is -2.14. The van der Waals surface area contributed by atoms with Gasteiger partial charge in [0.25, 0.3) is 0 Å². The maximum atomic E-state index is 11.4. The summed E-state index contributed by atoms with van der Waals surface area (Å²) in [5, 5.41) is 16.0. The van der Waals surface area contributed by atoms with Gasteiger partial charge in [-0.2, -0.15) is 0 Å². The number of anilines is 1. The Kier molecular flexibility index (Phi) is 6.43. The molecule has 0 aliphatic carbocycles. The van der Waals surface area contributed by atoms with Crippen molar-refractivity contribution in [2.45, 2.75) is 6.10 Å². The molecule has 3 N–H and O–H groups in total. The molecule has 31 heavy (non-hydrogen) atoms. The Balaban J connectivity index is 1.27. The van der Waals surface area contributed by atoms with Gasteiger partial charge < -0.3 is 15.2 Å². The lowest BCUT2D eigenvalue weighted by molar-refractivity contribution is 0.172. The molecule has 0 saturated carbocycles. The lowest BCUT2D eigenvalue weighted by Crippen LogP contribution is -2.26. The summed E-state index contributed by atoms with van der Waals surface area (Å²) in [6, 6.07) is 21.3. The van der Waals surface area contributed by atoms with E-state index < -0.39 is 16.1 Å². The van der Waals surface area contributed by atoms with Gasteiger partial charge in [0, 0.05) is 38.9 Å². The van der Waals surface area contributed by atoms with E-state index >= 15 is 0 Å². The van der Waals surface area contributed by atoms with Crippen molar-refractivity contribution in [2.75, 3.05) is 30.7 Å². The molecule has 8 heteroatoms. The number of thiophene rings is 1. The summed E-state index contributed by atoms with van der Waals surface area (Å²) < 4.78 is 33.5. The molecule has 0 fully saturated rings. The third-order valence-corrected chi connectivity index (χ3v) is 6.55. The van der Waals surface area contributed by atoms with Gasteiger partial charge in [-0.25, -0.2) is 8.42 Å². The van der Waals surface area contributed by atoms with Crippen LogP contribution in [0.5, 0.6) is 5.75 Å². The van der Waals surface area contributed by atoms with Crippen LogP contribution in [0.2, 0.25) is 0 Å². The summed E-state index contributed by atoms with van der Waals surface area (Å²) in [7, 11) is -3.36. The van der Waals surface area contributed by atoms with Crippen molar-refractivity contribution in [1.82, 2.24) is 5.32 Å². The van der Waals surface area contributed by atoms with Crippen LogP contribution in [0.25, 0.3) is 20.2 Å². The number of sulfonamides is 1. The van der Waals surface area contributed by atoms with E-state index in [1.54, 1.807) is 35.6 Å². The molecule has 1 aromatic heterocycles. The first-order valence-corrected chi connectivity index (χ1v) is 12.6. The van der Waals surface area contributed by atoms with E-state index in [-0.39, 0.29) is 0 Å². The average molecular weight is 457 g/mol. The number of aliphatic hydroxyl groups excluding tert-OH is 1. The van der Waals surface area contributed by atoms with Gasteiger partial charge in [0.05, 0.1) is 12.4 Å². The number of hydrogen-bond acceptors (Lipinski definition) is 6. The second-order valence-corrected chi connectivity index (χ2v) is 10.2. The fraction of sp³-hybridized carbons (Fsp3) is 0.217. The van der Waals surface area contributed by atoms with Crippen molar-refractivity contribution in [3.63, 3.8) is 0 Å². The smallest absolute Gasteiger partial charge is 0.229 e. The summed E-state index contributed by atoms with van der Waals surface area (Å²) in [5.41, 5.74) is 1.07. The number of rotatable bonds is 9. The molecule has 0 aliphatic heterocycles. The van der Waals surface area contributed by atoms with E-state index in [9.17, 15) is 13.5 Å². The Bertz CT molecular complexity index is 1300. The first-order chi connectivity index (χ1) is 14.9. The van der Waals surface area contributed by atoms with Crippen LogP contribution in [0.4, 0.5) is 5.69 Å². The second-order valence-electron chi connectivity index (χ2n) is 7.32. The molecule has 4 rings (SSSR count). The van der Waals surface area contributed by atoms with Gasteiger partial charge in [-0.05, 0) is 42.0 Å². The fourth-order valence-corrected chi connectivity index (χ4v) is 5.11. The van der Waals surface area contributed by atoms with Crippen molar-refractivity contribution < 1.29 is 18.3 Å². The summed E-state index contributed by atoms with van der Waals surface area (Å²) in [4.78, 5) is 0. The molecular weight excluding hydrogens is 432 g/mol. The largest absolute Gasteiger partial charge is 0.492 e. The van der Waals surface area contributed by atoms with Crippen molar-refractivity contribution in [3.8, 4) is 5.75 Å². The van der Waals surface area contributed by atoms with Crippen LogP contribution in [0.3, 0.4) is 0 Å². The SMILES string of the molecule is CS(=O)(=O)Nc1cccc(C(O)CNCCOc2ccc3c(c2)sc2ccccc23)c1. The number of nitrogens with one attached hydrogen (secondary N) is 2. The minimum absolute atomic E-state index is 0.334. The fourth-order valence-electron chi connectivity index (χ4n) is 3.42. The van der Waals surface area contributed by atoms with E-state index in [0.29, 0.717) is 30.9 Å². The standard InChI is InChI=1S/C23H24N2O4S2/c1-31(27,28)25-17-6-4-5-16(13-17)21(26)15-24-11-12-29-18-9-10-20-19-7-2-3-8-22(19)30-23(20)14-18/h2-10,13-14,21,24-26H,11-12,15H2,1H3. The zero-order valence-corrected chi connectivity index (χ0v) is 18.7. The first-order valence-electron chi connectivity index (χ1n) is 9.90. The molecule has 0 amide bonds. The Morgan fingerprint density at radius 2 is 1.81 bits per heavy atom. The average Bonchev–Trinajstić information content (AvgIpc) is 3.10. The van der Waals surface area contributed by atoms with Crippen molar-refractivity contribution in [1.29, 1.82) is 0 Å². The summed E-state index contributed by atoms with van der Waals surface area (Å²) in [6.45, 7) is 1.38. The molecule has 1 unspecified atom stereocenters. The maximum absolute atomic E-state index is 11.4. The summed E-state index contributed by atoms with van der Waals surface area (Å²) >= 11 is 1.75. The highest BCUT2D eigenvalue weighted by atomic mass is 32.2. The molecule has 4 aromatic rings. The Labute approximate surface area is 185 Å². The van der Waals surface area contributed by atoms with Crippen LogP contribution >= 0.6 is 11.3 Å². The highest BCUT2D eigenvalue weighted by Gasteiger charge is 2.10. The first kappa shape index (κ1) is 21.6. The lowest BCUT2D eigenvalue weighted by atomic mass is 10.1. The van der Waals surface area contributed by atoms with E-state index in [2.05, 4.69) is 40.4 Å². The summed E-state index contributed by atoms with van der Waals surface area (Å²) in [6.07, 6.45) is 0.340. The predicted octanol–water partition coefficient (Wildman–Crippen LogP) is 4.13. The molecule has 162 valence electrons. The van der Waals surface area contributed by atoms with Crippen LogP contribution in [-0.2, 0) is 10.0 Å². The molecular formula is C23H24N2O4S2. The number of ether oxygens (including phenoxy) is 1. The van der Waals surface area contributed by atoms with Crippen molar-refractivity contribution >= 4 is 47.2 Å². The minimum atomic E-state index is -3.36. The van der Waals surface area contributed by atoms with E-state index in [1.807, 2.05) is 12.1 Å². The highest BCUT2D eigenvalue weighted by molar-refractivity contribution is 7.92. The van der Waals surface area contributed by atoms with Gasteiger partial charge in [0.15, 0.2) is 0 Å². The minimum Gasteiger partial charge on any atom is -0.492 e. The van der Waals surface area contributed by atoms with Gasteiger partial charge in [0.1, 0.15) is 12.4 Å². The van der Waals surface area contributed by atoms with Crippen molar-refractivity contribution in [3.05, 3.63) is 72.3 Å². The van der Waals surface area contributed by atoms with Crippen LogP contribution < -0.4 is 14.8 Å². The molecule has 0 bridgehead atoms. The Morgan fingerprint density at radius 1 is 1.00 bits per heavy atom. The molecule has 6 nitrogen and oxygen atoms in total. The second kappa shape index (κ2) is 9.23. The third kappa shape index (κ3) is 5.54. The normalized spacial score (nSPS) is 12.8. The predicted molar refractivity (Wildman–Crippen MR) is 128 cm³/mol. The van der Waals surface area contributed by atoms with Crippen LogP contribution in [0.15, 0.2) is 66.7 Å². The maximum Gasteiger partial charge on any atom is 0.229 e. The quantitative estimate of drug-likeness (QED) is 0.330. The Morgan fingerprint density at radius 3 is 2.65 bits per heavy atom. The van der Waals surface area contributed by atoms with E-state index in [4.69, 9.17) is 4.74 Å². The number of aliphatic hydroxyl groups is 1. The topological polar surface area (TPSA) is 87.7 Å². The van der Waals surface area contributed by atoms with Gasteiger partial charge in [-0.15, -0.1) is 11.3 Å². The molecule has 3 aromatic carbocycles. The van der Waals surface area contributed by atoms with Crippen LogP contribution in [-0.4, -0.2) is 39.5 Å². The highest BCUT2D eigenvalue weighted by Crippen LogP contribution is 2.35. The summed E-state index contributed by atoms with van der Waals surface area (Å²) in [5.74, 6) is 0.820. The number of fused-ring (bicyclic) bond motifs is 3. The number of hydrogen-bond donors (Lipinski definition) is 3. The zero-order valence-electron chi connectivity index (χ0n) is 17.0. The molecule has 0 aliphatic rings. The third-order valence-electron chi connectivity index (χ3n) is 4.81. The monoisotopic (exact) mass is 456 g/mol. The van der Waals surface area contributed by atoms with Crippen LogP contribution in [0.1, 0.15) is 11.7 Å². The van der Waals surface area contributed by atoms with E-state index in [1.165, 1.54) is 20.2 Å². The van der Waals surface area contributed by atoms with Gasteiger partial charge in [-0.1, -0.05) is 30.3 Å². The molecule has 1 heterocycles. The zero-order chi connectivity index (χ0) is 21.8. The number of benzene rings is 3. The van der Waals surface area contributed by atoms with E-state index in [0.717, 1.165) is 12.0 Å². The van der Waals surface area contributed by atoms with Crippen molar-refractivity contribution in [2.24, 2.45) is 0 Å². The molecule has 0 radical (unpaired) electrons. The molecule has 0 spiro atoms. The van der Waals surface area contributed by atoms with Crippen LogP contribution in [0, 0.1) is 0 Å². The Hall–Kier alpha value is -2.65. The van der Waals surface area contributed by atoms with Gasteiger partial charge in [-0.3, -0.25) is 4.72 Å².